The van der Waals surface area contributed by atoms with Crippen molar-refractivity contribution < 1.29 is 13.2 Å². The number of hydrogen-bond acceptors (Lipinski definition) is 0. The molecule has 158 valence electrons. The maximum absolute atomic E-state index is 14.0. The summed E-state index contributed by atoms with van der Waals surface area (Å²) in [5.41, 5.74) is -0.101. The van der Waals surface area contributed by atoms with Gasteiger partial charge in [0.2, 0.25) is 0 Å². The molecule has 4 aliphatic carbocycles. The molecule has 4 aliphatic rings. The van der Waals surface area contributed by atoms with E-state index in [1.807, 2.05) is 0 Å². The number of fused-ring (bicyclic) bond motifs is 5. The average molecular weight is 410 g/mol. The van der Waals surface area contributed by atoms with Gasteiger partial charge >= 0.3 is 6.18 Å². The van der Waals surface area contributed by atoms with E-state index in [9.17, 15) is 13.2 Å². The molecule has 0 aromatic carbocycles. The molecule has 0 aromatic rings. The molecule has 4 fully saturated rings. The zero-order valence-electron chi connectivity index (χ0n) is 18.8. The van der Waals surface area contributed by atoms with Gasteiger partial charge in [-0.25, -0.2) is 0 Å². The lowest BCUT2D eigenvalue weighted by Gasteiger charge is -2.69. The van der Waals surface area contributed by atoms with Crippen LogP contribution >= 0.6 is 0 Å². The van der Waals surface area contributed by atoms with Crippen LogP contribution in [-0.2, 0) is 0 Å². The third-order valence-corrected chi connectivity index (χ3v) is 10.4. The highest BCUT2D eigenvalue weighted by molar-refractivity contribution is 6.45. The maximum atomic E-state index is 14.0. The minimum absolute atomic E-state index is 0.133. The van der Waals surface area contributed by atoms with E-state index in [4.69, 9.17) is 31.4 Å². The predicted octanol–water partition coefficient (Wildman–Crippen LogP) is 5.75. The second-order valence-corrected chi connectivity index (χ2v) is 11.9. The van der Waals surface area contributed by atoms with Crippen molar-refractivity contribution in [1.29, 1.82) is 0 Å². The van der Waals surface area contributed by atoms with Crippen LogP contribution < -0.4 is 0 Å². The Kier molecular flexibility index (Phi) is 5.43. The molecule has 4 rings (SSSR count). The van der Waals surface area contributed by atoms with Crippen LogP contribution in [0.1, 0.15) is 78.6 Å². The first-order valence-corrected chi connectivity index (χ1v) is 11.9. The quantitative estimate of drug-likeness (QED) is 0.509. The summed E-state index contributed by atoms with van der Waals surface area (Å²) >= 11 is 0. The van der Waals surface area contributed by atoms with Crippen LogP contribution in [0.2, 0.25) is 10.4 Å². The van der Waals surface area contributed by atoms with Crippen LogP contribution in [0.15, 0.2) is 0 Å². The average Bonchev–Trinajstić information content (AvgIpc) is 2.88. The van der Waals surface area contributed by atoms with Gasteiger partial charge < -0.3 is 0 Å². The Bertz CT molecular complexity index is 678. The molecule has 0 aromatic heterocycles. The third-order valence-electron chi connectivity index (χ3n) is 10.4. The highest BCUT2D eigenvalue weighted by Crippen LogP contribution is 2.75. The summed E-state index contributed by atoms with van der Waals surface area (Å²) in [5, 5.41) is -3.89. The van der Waals surface area contributed by atoms with Gasteiger partial charge in [-0.3, -0.25) is 0 Å². The van der Waals surface area contributed by atoms with Crippen molar-refractivity contribution in [1.82, 2.24) is 0 Å². The molecule has 4 saturated carbocycles. The lowest BCUT2D eigenvalue weighted by atomic mass is 9.22. The van der Waals surface area contributed by atoms with Crippen molar-refractivity contribution >= 4 is 31.4 Å². The van der Waals surface area contributed by atoms with Crippen LogP contribution in [0.4, 0.5) is 13.2 Å². The van der Waals surface area contributed by atoms with E-state index >= 15 is 0 Å². The Balaban J connectivity index is 1.69. The molecule has 8 unspecified atom stereocenters. The molecule has 0 heterocycles. The lowest BCUT2D eigenvalue weighted by Crippen LogP contribution is -2.63. The van der Waals surface area contributed by atoms with E-state index in [-0.39, 0.29) is 6.42 Å². The third kappa shape index (κ3) is 3.12. The molecule has 0 saturated heterocycles. The molecule has 8 atom stereocenters. The van der Waals surface area contributed by atoms with E-state index in [1.165, 1.54) is 25.7 Å². The molecule has 0 N–H and O–H groups in total. The molecule has 7 heteroatoms. The maximum Gasteiger partial charge on any atom is 0.390 e. The zero-order chi connectivity index (χ0) is 22.3. The first-order chi connectivity index (χ1) is 13.7. The predicted molar refractivity (Wildman–Crippen MR) is 119 cm³/mol. The van der Waals surface area contributed by atoms with Crippen LogP contribution in [-0.4, -0.2) is 37.6 Å². The number of rotatable bonds is 2. The molecular formula is C23H33B4F3. The molecule has 0 aliphatic heterocycles. The SMILES string of the molecule is [B]C1([B])CC2(C)C3CCC4(C)C(CCC)CCC4C3CCC2C([B])([B])C1C(F)(F)F. The van der Waals surface area contributed by atoms with Crippen LogP contribution in [0.3, 0.4) is 0 Å². The molecule has 0 spiro atoms. The summed E-state index contributed by atoms with van der Waals surface area (Å²) < 4.78 is 41.9. The van der Waals surface area contributed by atoms with E-state index in [0.29, 0.717) is 29.6 Å². The summed E-state index contributed by atoms with van der Waals surface area (Å²) in [6.07, 6.45) is 4.25. The second kappa shape index (κ2) is 7.02. The highest BCUT2D eigenvalue weighted by atomic mass is 19.4. The molecule has 0 amide bonds. The van der Waals surface area contributed by atoms with Crippen molar-refractivity contribution in [2.45, 2.75) is 95.2 Å². The van der Waals surface area contributed by atoms with Crippen molar-refractivity contribution in [3.8, 4) is 0 Å². The van der Waals surface area contributed by atoms with Crippen LogP contribution in [0, 0.1) is 46.3 Å². The molecule has 30 heavy (non-hydrogen) atoms. The summed E-state index contributed by atoms with van der Waals surface area (Å²) in [4.78, 5) is 0. The summed E-state index contributed by atoms with van der Waals surface area (Å²) in [6.45, 7) is 6.82. The summed E-state index contributed by atoms with van der Waals surface area (Å²) in [7, 11) is 25.1. The first kappa shape index (κ1) is 23.2. The lowest BCUT2D eigenvalue weighted by molar-refractivity contribution is -0.218. The fraction of sp³-hybridized carbons (Fsp3) is 1.00. The Morgan fingerprint density at radius 2 is 1.50 bits per heavy atom. The number of hydrogen-bond donors (Lipinski definition) is 0. The minimum atomic E-state index is -4.62. The zero-order valence-corrected chi connectivity index (χ0v) is 18.8. The summed E-state index contributed by atoms with van der Waals surface area (Å²) in [6, 6.07) is 0. The van der Waals surface area contributed by atoms with Crippen molar-refractivity contribution in [3.05, 3.63) is 0 Å². The van der Waals surface area contributed by atoms with Gasteiger partial charge in [0.25, 0.3) is 0 Å². The Morgan fingerprint density at radius 1 is 0.867 bits per heavy atom. The monoisotopic (exact) mass is 410 g/mol. The van der Waals surface area contributed by atoms with E-state index in [1.54, 1.807) is 0 Å². The van der Waals surface area contributed by atoms with Crippen LogP contribution in [0.25, 0.3) is 0 Å². The van der Waals surface area contributed by atoms with Crippen LogP contribution in [0.5, 0.6) is 0 Å². The van der Waals surface area contributed by atoms with Crippen molar-refractivity contribution in [2.24, 2.45) is 46.3 Å². The fourth-order valence-corrected chi connectivity index (χ4v) is 9.48. The van der Waals surface area contributed by atoms with Gasteiger partial charge in [0.15, 0.2) is 0 Å². The van der Waals surface area contributed by atoms with Gasteiger partial charge in [0, 0.05) is 5.92 Å². The Morgan fingerprint density at radius 3 is 2.10 bits per heavy atom. The van der Waals surface area contributed by atoms with Crippen molar-refractivity contribution in [2.75, 3.05) is 0 Å². The largest absolute Gasteiger partial charge is 0.390 e. The van der Waals surface area contributed by atoms with Gasteiger partial charge in [0.05, 0.1) is 31.4 Å². The standard InChI is InChI=1S/C23H33B4F3/c1-4-5-13-6-8-15-14-7-9-17-20(3,16(14)10-11-19(13,15)2)12-21(24,25)18(22(17,26)27)23(28,29)30/h13-18H,4-12H2,1-3H3. The first-order valence-electron chi connectivity index (χ1n) is 11.9. The molecule has 0 bridgehead atoms. The van der Waals surface area contributed by atoms with E-state index in [0.717, 1.165) is 25.2 Å². The normalized spacial score (nSPS) is 49.7. The Hall–Kier alpha value is 0.0497. The summed E-state index contributed by atoms with van der Waals surface area (Å²) in [5.74, 6) is -0.300. The van der Waals surface area contributed by atoms with E-state index in [2.05, 4.69) is 20.8 Å². The number of alkyl halides is 3. The highest BCUT2D eigenvalue weighted by Gasteiger charge is 2.68. The smallest absolute Gasteiger partial charge is 0.171 e. The Labute approximate surface area is 186 Å². The molecule has 0 nitrogen and oxygen atoms in total. The van der Waals surface area contributed by atoms with Gasteiger partial charge in [-0.1, -0.05) is 56.9 Å². The van der Waals surface area contributed by atoms with Gasteiger partial charge in [0.1, 0.15) is 0 Å². The van der Waals surface area contributed by atoms with Gasteiger partial charge in [-0.05, 0) is 72.5 Å². The topological polar surface area (TPSA) is 0 Å². The number of halogens is 3. The fourth-order valence-electron chi connectivity index (χ4n) is 9.48. The van der Waals surface area contributed by atoms with Gasteiger partial charge in [-0.15, -0.1) is 0 Å². The molecular weight excluding hydrogens is 376 g/mol. The van der Waals surface area contributed by atoms with Gasteiger partial charge in [-0.2, -0.15) is 13.2 Å². The second-order valence-electron chi connectivity index (χ2n) is 11.9. The van der Waals surface area contributed by atoms with E-state index < -0.39 is 33.9 Å². The minimum Gasteiger partial charge on any atom is -0.171 e. The van der Waals surface area contributed by atoms with Crippen molar-refractivity contribution in [3.63, 3.8) is 0 Å². The molecule has 8 radical (unpaired) electrons.